The van der Waals surface area contributed by atoms with Gasteiger partial charge in [0.15, 0.2) is 0 Å². The van der Waals surface area contributed by atoms with Gasteiger partial charge in [0.25, 0.3) is 0 Å². The molecule has 0 heterocycles. The molecule has 2 N–H and O–H groups in total. The minimum atomic E-state index is -0.505. The Morgan fingerprint density at radius 2 is 2.14 bits per heavy atom. The fraction of sp³-hybridized carbons (Fsp3) is 0.300. The van der Waals surface area contributed by atoms with Crippen molar-refractivity contribution in [1.82, 2.24) is 0 Å². The molecule has 0 bridgehead atoms. The summed E-state index contributed by atoms with van der Waals surface area (Å²) in [7, 11) is 0. The second-order valence-electron chi connectivity index (χ2n) is 3.07. The first-order chi connectivity index (χ1) is 6.61. The van der Waals surface area contributed by atoms with E-state index in [2.05, 4.69) is 12.6 Å². The van der Waals surface area contributed by atoms with Gasteiger partial charge in [-0.1, -0.05) is 29.8 Å². The van der Waals surface area contributed by atoms with Gasteiger partial charge in [0.2, 0.25) is 5.12 Å². The third-order valence-corrected chi connectivity index (χ3v) is 2.70. The molecular weight excluding hydrogens is 218 g/mol. The number of hydrogen-bond donors (Lipinski definition) is 2. The van der Waals surface area contributed by atoms with Gasteiger partial charge >= 0.3 is 0 Å². The summed E-state index contributed by atoms with van der Waals surface area (Å²) in [5, 5.41) is 0.434. The molecular formula is C10H12ClNOS. The van der Waals surface area contributed by atoms with E-state index in [0.717, 1.165) is 5.56 Å². The van der Waals surface area contributed by atoms with Crippen molar-refractivity contribution in [2.24, 2.45) is 5.73 Å². The topological polar surface area (TPSA) is 43.1 Å². The van der Waals surface area contributed by atoms with Crippen LogP contribution in [-0.4, -0.2) is 11.2 Å². The maximum absolute atomic E-state index is 10.8. The van der Waals surface area contributed by atoms with Gasteiger partial charge in [-0.3, -0.25) is 4.79 Å². The van der Waals surface area contributed by atoms with E-state index in [0.29, 0.717) is 17.9 Å². The molecule has 76 valence electrons. The van der Waals surface area contributed by atoms with Crippen molar-refractivity contribution in [3.8, 4) is 0 Å². The van der Waals surface area contributed by atoms with E-state index in [-0.39, 0.29) is 5.12 Å². The normalized spacial score (nSPS) is 12.5. The molecule has 4 heteroatoms. The molecule has 1 atom stereocenters. The molecule has 14 heavy (non-hydrogen) atoms. The third kappa shape index (κ3) is 3.33. The van der Waals surface area contributed by atoms with Gasteiger partial charge in [-0.25, -0.2) is 0 Å². The second-order valence-corrected chi connectivity index (χ2v) is 3.92. The first kappa shape index (κ1) is 11.6. The van der Waals surface area contributed by atoms with Crippen LogP contribution in [0.1, 0.15) is 12.0 Å². The van der Waals surface area contributed by atoms with Crippen LogP contribution in [0.15, 0.2) is 24.3 Å². The highest BCUT2D eigenvalue weighted by molar-refractivity contribution is 7.96. The van der Waals surface area contributed by atoms with Crippen molar-refractivity contribution in [3.63, 3.8) is 0 Å². The van der Waals surface area contributed by atoms with Crippen molar-refractivity contribution < 1.29 is 4.79 Å². The average molecular weight is 230 g/mol. The lowest BCUT2D eigenvalue weighted by Gasteiger charge is -2.07. The molecule has 1 rings (SSSR count). The number of benzene rings is 1. The minimum absolute atomic E-state index is 0.281. The highest BCUT2D eigenvalue weighted by Gasteiger charge is 2.09. The fourth-order valence-electron chi connectivity index (χ4n) is 1.14. The quantitative estimate of drug-likeness (QED) is 0.777. The molecule has 0 saturated heterocycles. The van der Waals surface area contributed by atoms with Crippen molar-refractivity contribution in [1.29, 1.82) is 0 Å². The summed E-state index contributed by atoms with van der Waals surface area (Å²) in [6.07, 6.45) is 1.28. The van der Waals surface area contributed by atoms with E-state index >= 15 is 0 Å². The predicted molar refractivity (Wildman–Crippen MR) is 61.7 cm³/mol. The highest BCUT2D eigenvalue weighted by atomic mass is 35.5. The zero-order valence-corrected chi connectivity index (χ0v) is 9.26. The van der Waals surface area contributed by atoms with Gasteiger partial charge < -0.3 is 5.73 Å². The van der Waals surface area contributed by atoms with E-state index in [9.17, 15) is 4.79 Å². The number of hydrogen-bond acceptors (Lipinski definition) is 2. The number of halogens is 1. The molecule has 0 saturated carbocycles. The van der Waals surface area contributed by atoms with Crippen molar-refractivity contribution in [3.05, 3.63) is 34.9 Å². The molecule has 0 radical (unpaired) electrons. The Labute approximate surface area is 93.9 Å². The second kappa shape index (κ2) is 5.39. The van der Waals surface area contributed by atoms with Crippen LogP contribution in [0.25, 0.3) is 0 Å². The van der Waals surface area contributed by atoms with Gasteiger partial charge in [-0.15, -0.1) is 12.6 Å². The number of carbonyl (C=O) groups is 1. The highest BCUT2D eigenvalue weighted by Crippen LogP contribution is 2.17. The van der Waals surface area contributed by atoms with Gasteiger partial charge in [0, 0.05) is 5.02 Å². The van der Waals surface area contributed by atoms with Gasteiger partial charge in [0.05, 0.1) is 6.04 Å². The Kier molecular flexibility index (Phi) is 4.45. The summed E-state index contributed by atoms with van der Waals surface area (Å²) in [6, 6.07) is 7.03. The number of aryl methyl sites for hydroxylation is 1. The first-order valence-corrected chi connectivity index (χ1v) is 5.15. The van der Waals surface area contributed by atoms with E-state index < -0.39 is 6.04 Å². The lowest BCUT2D eigenvalue weighted by Crippen LogP contribution is -2.27. The molecule has 0 aliphatic rings. The smallest absolute Gasteiger partial charge is 0.202 e. The van der Waals surface area contributed by atoms with Crippen LogP contribution in [0.2, 0.25) is 5.02 Å². The van der Waals surface area contributed by atoms with Crippen LogP contribution in [0.4, 0.5) is 0 Å². The van der Waals surface area contributed by atoms with E-state index in [4.69, 9.17) is 17.3 Å². The molecule has 0 amide bonds. The molecule has 0 aliphatic heterocycles. The molecule has 1 aromatic carbocycles. The molecule has 0 aromatic heterocycles. The van der Waals surface area contributed by atoms with E-state index in [1.54, 1.807) is 0 Å². The monoisotopic (exact) mass is 229 g/mol. The zero-order chi connectivity index (χ0) is 10.6. The maximum atomic E-state index is 10.8. The maximum Gasteiger partial charge on any atom is 0.202 e. The van der Waals surface area contributed by atoms with Crippen LogP contribution in [0.3, 0.4) is 0 Å². The van der Waals surface area contributed by atoms with Gasteiger partial charge in [-0.2, -0.15) is 0 Å². The van der Waals surface area contributed by atoms with Crippen LogP contribution in [-0.2, 0) is 11.2 Å². The van der Waals surface area contributed by atoms with Crippen molar-refractivity contribution in [2.75, 3.05) is 0 Å². The number of rotatable bonds is 4. The Bertz CT molecular complexity index is 330. The Balaban J connectivity index is 2.54. The Morgan fingerprint density at radius 3 is 2.71 bits per heavy atom. The predicted octanol–water partition coefficient (Wildman–Crippen LogP) is 2.06. The standard InChI is InChI=1S/C10H12ClNOS/c11-8-4-2-1-3-7(8)5-6-9(12)10(13)14/h1-4,9H,5-6,12H2,(H,13,14)/t9-/m0/s1. The lowest BCUT2D eigenvalue weighted by atomic mass is 10.1. The van der Waals surface area contributed by atoms with Crippen LogP contribution in [0, 0.1) is 0 Å². The minimum Gasteiger partial charge on any atom is -0.321 e. The van der Waals surface area contributed by atoms with E-state index in [1.807, 2.05) is 24.3 Å². The summed E-state index contributed by atoms with van der Waals surface area (Å²) in [6.45, 7) is 0. The van der Waals surface area contributed by atoms with Crippen LogP contribution >= 0.6 is 24.2 Å². The average Bonchev–Trinajstić information content (AvgIpc) is 2.16. The number of nitrogens with two attached hydrogens (primary N) is 1. The first-order valence-electron chi connectivity index (χ1n) is 4.33. The number of carbonyl (C=O) groups excluding carboxylic acids is 1. The summed E-state index contributed by atoms with van der Waals surface area (Å²) in [5.41, 5.74) is 6.56. The zero-order valence-electron chi connectivity index (χ0n) is 7.61. The van der Waals surface area contributed by atoms with Crippen molar-refractivity contribution in [2.45, 2.75) is 18.9 Å². The van der Waals surface area contributed by atoms with Crippen molar-refractivity contribution >= 4 is 29.3 Å². The molecule has 0 fully saturated rings. The molecule has 0 unspecified atom stereocenters. The third-order valence-electron chi connectivity index (χ3n) is 2.00. The van der Waals surface area contributed by atoms with Gasteiger partial charge in [0.1, 0.15) is 0 Å². The fourth-order valence-corrected chi connectivity index (χ4v) is 1.49. The largest absolute Gasteiger partial charge is 0.321 e. The number of thiol groups is 1. The molecule has 0 spiro atoms. The van der Waals surface area contributed by atoms with E-state index in [1.165, 1.54) is 0 Å². The molecule has 1 aromatic rings. The summed E-state index contributed by atoms with van der Waals surface area (Å²) in [4.78, 5) is 10.8. The lowest BCUT2D eigenvalue weighted by molar-refractivity contribution is -0.112. The molecule has 2 nitrogen and oxygen atoms in total. The summed E-state index contributed by atoms with van der Waals surface area (Å²) >= 11 is 9.61. The summed E-state index contributed by atoms with van der Waals surface area (Å²) < 4.78 is 0. The van der Waals surface area contributed by atoms with Crippen LogP contribution in [0.5, 0.6) is 0 Å². The Morgan fingerprint density at radius 1 is 1.50 bits per heavy atom. The summed E-state index contributed by atoms with van der Waals surface area (Å²) in [5.74, 6) is 0. The molecule has 0 aliphatic carbocycles. The Hall–Kier alpha value is -0.510. The SMILES string of the molecule is N[C@@H](CCc1ccccc1Cl)C(=O)S. The van der Waals surface area contributed by atoms with Gasteiger partial charge in [-0.05, 0) is 24.5 Å². The van der Waals surface area contributed by atoms with Crippen LogP contribution < -0.4 is 5.73 Å².